The van der Waals surface area contributed by atoms with Gasteiger partial charge in [-0.2, -0.15) is 0 Å². The first kappa shape index (κ1) is 14.8. The van der Waals surface area contributed by atoms with Crippen LogP contribution >= 0.6 is 0 Å². The summed E-state index contributed by atoms with van der Waals surface area (Å²) < 4.78 is 19.2. The second kappa shape index (κ2) is 6.75. The lowest BCUT2D eigenvalue weighted by atomic mass is 10.0. The number of hydrogen-bond acceptors (Lipinski definition) is 3. The Hall–Kier alpha value is -1.13. The molecular formula is C17H25FN2O. The number of methoxy groups -OCH3 is 1. The molecule has 1 aromatic rings. The Morgan fingerprint density at radius 1 is 1.29 bits per heavy atom. The zero-order valence-corrected chi connectivity index (χ0v) is 12.8. The fourth-order valence-electron chi connectivity index (χ4n) is 3.09. The third-order valence-corrected chi connectivity index (χ3v) is 4.60. The Morgan fingerprint density at radius 2 is 2.14 bits per heavy atom. The van der Waals surface area contributed by atoms with Gasteiger partial charge in [-0.05, 0) is 38.3 Å². The molecule has 0 aromatic heterocycles. The molecule has 2 aliphatic rings. The number of piperidine rings is 1. The third-order valence-electron chi connectivity index (χ3n) is 4.60. The molecule has 1 saturated carbocycles. The molecule has 1 aliphatic carbocycles. The van der Waals surface area contributed by atoms with Gasteiger partial charge in [0.1, 0.15) is 11.6 Å². The quantitative estimate of drug-likeness (QED) is 0.872. The number of hydrogen-bond donors (Lipinski definition) is 1. The number of halogens is 1. The average Bonchev–Trinajstić information content (AvgIpc) is 3.32. The molecule has 2 fully saturated rings. The van der Waals surface area contributed by atoms with Gasteiger partial charge in [-0.1, -0.05) is 12.5 Å². The van der Waals surface area contributed by atoms with Crippen molar-refractivity contribution in [3.05, 3.63) is 29.6 Å². The number of likely N-dealkylation sites (tertiary alicyclic amines) is 1. The second-order valence-corrected chi connectivity index (χ2v) is 6.26. The first-order valence-electron chi connectivity index (χ1n) is 8.06. The summed E-state index contributed by atoms with van der Waals surface area (Å²) in [6, 6.07) is 6.47. The van der Waals surface area contributed by atoms with Crippen LogP contribution in [0.1, 0.15) is 37.7 Å². The van der Waals surface area contributed by atoms with Gasteiger partial charge in [0.05, 0.1) is 7.11 Å². The van der Waals surface area contributed by atoms with Gasteiger partial charge in [-0.3, -0.25) is 4.90 Å². The van der Waals surface area contributed by atoms with Crippen LogP contribution in [0, 0.1) is 5.82 Å². The molecule has 1 atom stereocenters. The van der Waals surface area contributed by atoms with Crippen molar-refractivity contribution in [3.63, 3.8) is 0 Å². The SMILES string of the molecule is COc1ccc(CN2CCCCC2CNC2CC2)c(F)c1. The van der Waals surface area contributed by atoms with Crippen molar-refractivity contribution < 1.29 is 9.13 Å². The van der Waals surface area contributed by atoms with Crippen LogP contribution in [0.3, 0.4) is 0 Å². The van der Waals surface area contributed by atoms with Crippen molar-refractivity contribution in [3.8, 4) is 5.75 Å². The summed E-state index contributed by atoms with van der Waals surface area (Å²) in [7, 11) is 1.57. The zero-order chi connectivity index (χ0) is 14.7. The summed E-state index contributed by atoms with van der Waals surface area (Å²) in [5.41, 5.74) is 0.772. The minimum Gasteiger partial charge on any atom is -0.497 e. The topological polar surface area (TPSA) is 24.5 Å². The van der Waals surface area contributed by atoms with Gasteiger partial charge >= 0.3 is 0 Å². The fourth-order valence-corrected chi connectivity index (χ4v) is 3.09. The fraction of sp³-hybridized carbons (Fsp3) is 0.647. The van der Waals surface area contributed by atoms with Gasteiger partial charge < -0.3 is 10.1 Å². The van der Waals surface area contributed by atoms with Gasteiger partial charge in [0.2, 0.25) is 0 Å². The summed E-state index contributed by atoms with van der Waals surface area (Å²) in [6.45, 7) is 2.82. The van der Waals surface area contributed by atoms with E-state index in [-0.39, 0.29) is 5.82 Å². The lowest BCUT2D eigenvalue weighted by Gasteiger charge is -2.36. The lowest BCUT2D eigenvalue weighted by molar-refractivity contribution is 0.135. The molecule has 0 bridgehead atoms. The molecule has 116 valence electrons. The van der Waals surface area contributed by atoms with Gasteiger partial charge in [0, 0.05) is 36.8 Å². The van der Waals surface area contributed by atoms with Gasteiger partial charge in [0.15, 0.2) is 0 Å². The first-order valence-corrected chi connectivity index (χ1v) is 8.06. The molecule has 0 radical (unpaired) electrons. The average molecular weight is 292 g/mol. The predicted octanol–water partition coefficient (Wildman–Crippen LogP) is 2.94. The third kappa shape index (κ3) is 3.95. The standard InChI is InChI=1S/C17H25FN2O/c1-21-16-8-5-13(17(18)10-16)12-20-9-3-2-4-15(20)11-19-14-6-7-14/h5,8,10,14-15,19H,2-4,6-7,9,11-12H2,1H3. The normalized spacial score (nSPS) is 23.2. The van der Waals surface area contributed by atoms with E-state index < -0.39 is 0 Å². The maximum Gasteiger partial charge on any atom is 0.131 e. The van der Waals surface area contributed by atoms with Crippen molar-refractivity contribution in [1.82, 2.24) is 10.2 Å². The van der Waals surface area contributed by atoms with Crippen LogP contribution in [0.4, 0.5) is 4.39 Å². The van der Waals surface area contributed by atoms with Crippen molar-refractivity contribution in [1.29, 1.82) is 0 Å². The molecule has 1 aromatic carbocycles. The van der Waals surface area contributed by atoms with E-state index >= 15 is 0 Å². The molecule has 3 rings (SSSR count). The summed E-state index contributed by atoms with van der Waals surface area (Å²) in [4.78, 5) is 2.43. The number of nitrogens with one attached hydrogen (secondary N) is 1. The minimum absolute atomic E-state index is 0.158. The van der Waals surface area contributed by atoms with Crippen LogP contribution in [0.25, 0.3) is 0 Å². The molecule has 3 nitrogen and oxygen atoms in total. The lowest BCUT2D eigenvalue weighted by Crippen LogP contribution is -2.45. The van der Waals surface area contributed by atoms with Crippen LogP contribution in [0.2, 0.25) is 0 Å². The monoisotopic (exact) mass is 292 g/mol. The van der Waals surface area contributed by atoms with E-state index in [1.165, 1.54) is 38.2 Å². The summed E-state index contributed by atoms with van der Waals surface area (Å²) in [5, 5.41) is 3.62. The Balaban J connectivity index is 1.62. The Labute approximate surface area is 126 Å². The van der Waals surface area contributed by atoms with Gasteiger partial charge in [0.25, 0.3) is 0 Å². The maximum absolute atomic E-state index is 14.1. The number of nitrogens with zero attached hydrogens (tertiary/aromatic N) is 1. The molecular weight excluding hydrogens is 267 g/mol. The van der Waals surface area contributed by atoms with Crippen LogP contribution in [0.15, 0.2) is 18.2 Å². The van der Waals surface area contributed by atoms with E-state index in [0.29, 0.717) is 18.3 Å². The number of ether oxygens (including phenoxy) is 1. The van der Waals surface area contributed by atoms with Crippen molar-refractivity contribution in [2.75, 3.05) is 20.2 Å². The highest BCUT2D eigenvalue weighted by molar-refractivity contribution is 5.28. The summed E-state index contributed by atoms with van der Waals surface area (Å²) >= 11 is 0. The van der Waals surface area contributed by atoms with E-state index in [1.807, 2.05) is 12.1 Å². The van der Waals surface area contributed by atoms with E-state index in [9.17, 15) is 4.39 Å². The number of benzene rings is 1. The smallest absolute Gasteiger partial charge is 0.131 e. The Kier molecular flexibility index (Phi) is 4.76. The van der Waals surface area contributed by atoms with Crippen LogP contribution in [0.5, 0.6) is 5.75 Å². The number of rotatable bonds is 6. The van der Waals surface area contributed by atoms with E-state index in [1.54, 1.807) is 7.11 Å². The van der Waals surface area contributed by atoms with E-state index in [0.717, 1.165) is 24.7 Å². The molecule has 21 heavy (non-hydrogen) atoms. The maximum atomic E-state index is 14.1. The molecule has 0 amide bonds. The molecule has 4 heteroatoms. The Morgan fingerprint density at radius 3 is 2.86 bits per heavy atom. The van der Waals surface area contributed by atoms with Crippen LogP contribution < -0.4 is 10.1 Å². The van der Waals surface area contributed by atoms with Gasteiger partial charge in [-0.15, -0.1) is 0 Å². The Bertz CT molecular complexity index is 476. The molecule has 1 aliphatic heterocycles. The molecule has 1 heterocycles. The van der Waals surface area contributed by atoms with Crippen LogP contribution in [-0.4, -0.2) is 37.2 Å². The summed E-state index contributed by atoms with van der Waals surface area (Å²) in [6.07, 6.45) is 6.37. The van der Waals surface area contributed by atoms with E-state index in [4.69, 9.17) is 4.74 Å². The minimum atomic E-state index is -0.158. The largest absolute Gasteiger partial charge is 0.497 e. The van der Waals surface area contributed by atoms with E-state index in [2.05, 4.69) is 10.2 Å². The van der Waals surface area contributed by atoms with Crippen molar-refractivity contribution in [2.24, 2.45) is 0 Å². The molecule has 1 saturated heterocycles. The van der Waals surface area contributed by atoms with Gasteiger partial charge in [-0.25, -0.2) is 4.39 Å². The van der Waals surface area contributed by atoms with Crippen LogP contribution in [-0.2, 0) is 6.54 Å². The summed E-state index contributed by atoms with van der Waals surface area (Å²) in [5.74, 6) is 0.427. The highest BCUT2D eigenvalue weighted by Crippen LogP contribution is 2.24. The molecule has 1 N–H and O–H groups in total. The first-order chi connectivity index (χ1) is 10.3. The van der Waals surface area contributed by atoms with Crippen molar-refractivity contribution >= 4 is 0 Å². The highest BCUT2D eigenvalue weighted by Gasteiger charge is 2.26. The zero-order valence-electron chi connectivity index (χ0n) is 12.8. The predicted molar refractivity (Wildman–Crippen MR) is 82.0 cm³/mol. The highest BCUT2D eigenvalue weighted by atomic mass is 19.1. The molecule has 0 spiro atoms. The molecule has 1 unspecified atom stereocenters. The second-order valence-electron chi connectivity index (χ2n) is 6.26. The van der Waals surface area contributed by atoms with Crippen molar-refractivity contribution in [2.45, 2.75) is 50.7 Å².